The molecule has 18 heavy (non-hydrogen) atoms. The third kappa shape index (κ3) is 2.60. The first-order chi connectivity index (χ1) is 8.56. The van der Waals surface area contributed by atoms with E-state index >= 15 is 0 Å². The minimum Gasteiger partial charge on any atom is -0.478 e. The summed E-state index contributed by atoms with van der Waals surface area (Å²) in [6, 6.07) is 4.57. The highest BCUT2D eigenvalue weighted by Gasteiger charge is 2.13. The Balaban J connectivity index is 2.34. The molecule has 0 atom stereocenters. The van der Waals surface area contributed by atoms with Crippen LogP contribution >= 0.6 is 0 Å². The van der Waals surface area contributed by atoms with Crippen LogP contribution in [0.1, 0.15) is 15.9 Å². The average Bonchev–Trinajstić information content (AvgIpc) is 2.34. The van der Waals surface area contributed by atoms with Gasteiger partial charge in [-0.15, -0.1) is 0 Å². The molecule has 0 saturated carbocycles. The number of benzene rings is 1. The molecule has 1 heterocycles. The fourth-order valence-electron chi connectivity index (χ4n) is 1.35. The number of aromatic carboxylic acids is 1. The predicted molar refractivity (Wildman–Crippen MR) is 60.2 cm³/mol. The molecule has 1 N–H and O–H groups in total. The van der Waals surface area contributed by atoms with Crippen molar-refractivity contribution >= 4 is 5.97 Å². The number of carboxylic acid groups (broad SMARTS) is 1. The molecule has 0 bridgehead atoms. The lowest BCUT2D eigenvalue weighted by Crippen LogP contribution is -2.02. The maximum atomic E-state index is 12.6. The van der Waals surface area contributed by atoms with Crippen molar-refractivity contribution in [2.24, 2.45) is 0 Å². The van der Waals surface area contributed by atoms with Crippen molar-refractivity contribution in [3.8, 4) is 11.8 Å². The van der Waals surface area contributed by atoms with Gasteiger partial charge in [-0.1, -0.05) is 11.6 Å². The lowest BCUT2D eigenvalue weighted by molar-refractivity contribution is 0.0694. The summed E-state index contributed by atoms with van der Waals surface area (Å²) >= 11 is 0. The SMILES string of the molecule is Cc1ccc(Oc2ncc(F)cn2)c(C(=O)O)c1. The number of ether oxygens (including phenoxy) is 1. The van der Waals surface area contributed by atoms with Gasteiger partial charge in [-0.05, 0) is 19.1 Å². The quantitative estimate of drug-likeness (QED) is 0.902. The summed E-state index contributed by atoms with van der Waals surface area (Å²) in [6.07, 6.45) is 1.88. The lowest BCUT2D eigenvalue weighted by Gasteiger charge is -2.07. The Labute approximate surface area is 102 Å². The van der Waals surface area contributed by atoms with Crippen LogP contribution in [0.25, 0.3) is 0 Å². The summed E-state index contributed by atoms with van der Waals surface area (Å²) < 4.78 is 17.8. The molecular weight excluding hydrogens is 239 g/mol. The van der Waals surface area contributed by atoms with E-state index < -0.39 is 11.8 Å². The van der Waals surface area contributed by atoms with Gasteiger partial charge in [0.05, 0.1) is 12.4 Å². The number of rotatable bonds is 3. The number of hydrogen-bond acceptors (Lipinski definition) is 4. The predicted octanol–water partition coefficient (Wildman–Crippen LogP) is 2.41. The van der Waals surface area contributed by atoms with Crippen molar-refractivity contribution in [1.82, 2.24) is 9.97 Å². The maximum absolute atomic E-state index is 12.6. The molecule has 0 radical (unpaired) electrons. The first kappa shape index (κ1) is 12.0. The van der Waals surface area contributed by atoms with E-state index in [1.54, 1.807) is 13.0 Å². The zero-order chi connectivity index (χ0) is 13.1. The molecule has 0 aliphatic heterocycles. The zero-order valence-electron chi connectivity index (χ0n) is 9.42. The Morgan fingerprint density at radius 2 is 2.00 bits per heavy atom. The molecule has 5 nitrogen and oxygen atoms in total. The Morgan fingerprint density at radius 3 is 2.61 bits per heavy atom. The number of halogens is 1. The molecule has 2 aromatic rings. The van der Waals surface area contributed by atoms with Gasteiger partial charge in [-0.2, -0.15) is 0 Å². The molecule has 0 spiro atoms. The molecule has 0 saturated heterocycles. The monoisotopic (exact) mass is 248 g/mol. The van der Waals surface area contributed by atoms with Crippen molar-refractivity contribution in [3.63, 3.8) is 0 Å². The summed E-state index contributed by atoms with van der Waals surface area (Å²) in [5.41, 5.74) is 0.794. The Kier molecular flexibility index (Phi) is 3.18. The van der Waals surface area contributed by atoms with E-state index in [0.717, 1.165) is 18.0 Å². The van der Waals surface area contributed by atoms with Crippen molar-refractivity contribution in [2.45, 2.75) is 6.92 Å². The van der Waals surface area contributed by atoms with Gasteiger partial charge in [-0.3, -0.25) is 0 Å². The van der Waals surface area contributed by atoms with Gasteiger partial charge in [-0.25, -0.2) is 19.2 Å². The second kappa shape index (κ2) is 4.79. The van der Waals surface area contributed by atoms with Gasteiger partial charge < -0.3 is 9.84 Å². The number of aromatic nitrogens is 2. The highest BCUT2D eigenvalue weighted by Crippen LogP contribution is 2.23. The summed E-state index contributed by atoms with van der Waals surface area (Å²) in [5.74, 6) is -1.60. The fraction of sp³-hybridized carbons (Fsp3) is 0.0833. The smallest absolute Gasteiger partial charge is 0.339 e. The summed E-state index contributed by atoms with van der Waals surface area (Å²) in [4.78, 5) is 18.2. The summed E-state index contributed by atoms with van der Waals surface area (Å²) in [5, 5.41) is 9.03. The van der Waals surface area contributed by atoms with E-state index in [1.165, 1.54) is 12.1 Å². The summed E-state index contributed by atoms with van der Waals surface area (Å²) in [6.45, 7) is 1.77. The number of nitrogens with zero attached hydrogens (tertiary/aromatic N) is 2. The molecule has 0 aliphatic rings. The first-order valence-corrected chi connectivity index (χ1v) is 5.05. The average molecular weight is 248 g/mol. The van der Waals surface area contributed by atoms with Crippen molar-refractivity contribution in [1.29, 1.82) is 0 Å². The van der Waals surface area contributed by atoms with Gasteiger partial charge >= 0.3 is 12.0 Å². The van der Waals surface area contributed by atoms with E-state index in [-0.39, 0.29) is 17.3 Å². The summed E-state index contributed by atoms with van der Waals surface area (Å²) in [7, 11) is 0. The van der Waals surface area contributed by atoms with Crippen LogP contribution in [0.3, 0.4) is 0 Å². The lowest BCUT2D eigenvalue weighted by atomic mass is 10.1. The molecule has 0 fully saturated rings. The number of hydrogen-bond donors (Lipinski definition) is 1. The number of carbonyl (C=O) groups is 1. The third-order valence-corrected chi connectivity index (χ3v) is 2.16. The van der Waals surface area contributed by atoms with Crippen molar-refractivity contribution < 1.29 is 19.0 Å². The molecule has 1 aromatic heterocycles. The van der Waals surface area contributed by atoms with E-state index in [4.69, 9.17) is 9.84 Å². The molecule has 6 heteroatoms. The highest BCUT2D eigenvalue weighted by atomic mass is 19.1. The van der Waals surface area contributed by atoms with Crippen molar-refractivity contribution in [2.75, 3.05) is 0 Å². The molecule has 2 rings (SSSR count). The van der Waals surface area contributed by atoms with Gasteiger partial charge in [0, 0.05) is 0 Å². The second-order valence-corrected chi connectivity index (χ2v) is 3.59. The van der Waals surface area contributed by atoms with E-state index in [0.29, 0.717) is 0 Å². The van der Waals surface area contributed by atoms with Crippen LogP contribution < -0.4 is 4.74 Å². The maximum Gasteiger partial charge on any atom is 0.339 e. The topological polar surface area (TPSA) is 72.3 Å². The van der Waals surface area contributed by atoms with Crippen LogP contribution in [0.2, 0.25) is 0 Å². The molecular formula is C12H9FN2O3. The molecule has 92 valence electrons. The van der Waals surface area contributed by atoms with Crippen LogP contribution in [0.15, 0.2) is 30.6 Å². The Bertz CT molecular complexity index is 584. The van der Waals surface area contributed by atoms with Crippen LogP contribution in [0.5, 0.6) is 11.8 Å². The number of aryl methyl sites for hydroxylation is 1. The minimum absolute atomic E-state index is 0.00271. The van der Waals surface area contributed by atoms with E-state index in [1.807, 2.05) is 0 Å². The zero-order valence-corrected chi connectivity index (χ0v) is 9.42. The standard InChI is InChI=1S/C12H9FN2O3/c1-7-2-3-10(9(4-7)11(16)17)18-12-14-5-8(13)6-15-12/h2-6H,1H3,(H,16,17). The molecule has 0 unspecified atom stereocenters. The minimum atomic E-state index is -1.11. The molecule has 0 amide bonds. The first-order valence-electron chi connectivity index (χ1n) is 5.05. The highest BCUT2D eigenvalue weighted by molar-refractivity contribution is 5.91. The van der Waals surface area contributed by atoms with Crippen molar-refractivity contribution in [3.05, 3.63) is 47.5 Å². The normalized spacial score (nSPS) is 10.1. The Morgan fingerprint density at radius 1 is 1.33 bits per heavy atom. The van der Waals surface area contributed by atoms with E-state index in [9.17, 15) is 9.18 Å². The van der Waals surface area contributed by atoms with Gasteiger partial charge in [0.1, 0.15) is 11.3 Å². The molecule has 0 aliphatic carbocycles. The number of carboxylic acids is 1. The third-order valence-electron chi connectivity index (χ3n) is 2.16. The second-order valence-electron chi connectivity index (χ2n) is 3.59. The fourth-order valence-corrected chi connectivity index (χ4v) is 1.35. The van der Waals surface area contributed by atoms with Crippen LogP contribution in [-0.2, 0) is 0 Å². The molecule has 1 aromatic carbocycles. The van der Waals surface area contributed by atoms with Crippen LogP contribution in [0.4, 0.5) is 4.39 Å². The van der Waals surface area contributed by atoms with Gasteiger partial charge in [0.15, 0.2) is 5.82 Å². The van der Waals surface area contributed by atoms with Gasteiger partial charge in [0.2, 0.25) is 0 Å². The van der Waals surface area contributed by atoms with Crippen LogP contribution in [0, 0.1) is 12.7 Å². The largest absolute Gasteiger partial charge is 0.478 e. The van der Waals surface area contributed by atoms with Crippen LogP contribution in [-0.4, -0.2) is 21.0 Å². The van der Waals surface area contributed by atoms with E-state index in [2.05, 4.69) is 9.97 Å². The van der Waals surface area contributed by atoms with Gasteiger partial charge in [0.25, 0.3) is 0 Å². The Hall–Kier alpha value is -2.50.